The molecular weight excluding hydrogens is 282 g/mol. The molecule has 0 spiro atoms. The minimum atomic E-state index is -0.938. The number of hydrogen-bond donors (Lipinski definition) is 0. The van der Waals surface area contributed by atoms with Crippen LogP contribution in [0.5, 0.6) is 0 Å². The maximum atomic E-state index is 12.5. The summed E-state index contributed by atoms with van der Waals surface area (Å²) in [5.41, 5.74) is -0.284. The van der Waals surface area contributed by atoms with E-state index in [0.29, 0.717) is 37.2 Å². The van der Waals surface area contributed by atoms with Crippen molar-refractivity contribution in [2.75, 3.05) is 13.2 Å². The average Bonchev–Trinajstić information content (AvgIpc) is 2.71. The minimum Gasteiger partial charge on any atom is -0.381 e. The molecule has 3 rings (SSSR count). The van der Waals surface area contributed by atoms with E-state index in [-0.39, 0.29) is 11.0 Å². The van der Waals surface area contributed by atoms with E-state index >= 15 is 0 Å². The Morgan fingerprint density at radius 2 is 2.20 bits per heavy atom. The van der Waals surface area contributed by atoms with Crippen molar-refractivity contribution in [1.29, 1.82) is 5.26 Å². The number of halogens is 1. The molecule has 0 N–H and O–H groups in total. The second-order valence-corrected chi connectivity index (χ2v) is 5.12. The highest BCUT2D eigenvalue weighted by molar-refractivity contribution is 6.28. The Hall–Kier alpha value is -1.91. The number of ether oxygens (including phenoxy) is 1. The lowest BCUT2D eigenvalue weighted by atomic mass is 9.91. The SMILES string of the molecule is Cn1c(=O)n(C2(C#N)CCOCC2)c2nc(Cl)ncc21. The third kappa shape index (κ3) is 1.72. The number of fused-ring (bicyclic) bond motifs is 1. The summed E-state index contributed by atoms with van der Waals surface area (Å²) in [6.07, 6.45) is 2.39. The maximum Gasteiger partial charge on any atom is 0.331 e. The molecule has 0 unspecified atom stereocenters. The molecule has 2 aromatic rings. The van der Waals surface area contributed by atoms with E-state index in [9.17, 15) is 10.1 Å². The van der Waals surface area contributed by atoms with Crippen LogP contribution in [0.25, 0.3) is 11.2 Å². The lowest BCUT2D eigenvalue weighted by Crippen LogP contribution is -2.44. The van der Waals surface area contributed by atoms with Gasteiger partial charge in [-0.1, -0.05) is 0 Å². The first-order chi connectivity index (χ1) is 9.59. The van der Waals surface area contributed by atoms with E-state index in [2.05, 4.69) is 16.0 Å². The smallest absolute Gasteiger partial charge is 0.331 e. The summed E-state index contributed by atoms with van der Waals surface area (Å²) in [4.78, 5) is 20.5. The second kappa shape index (κ2) is 4.58. The van der Waals surface area contributed by atoms with Crippen LogP contribution in [0, 0.1) is 11.3 Å². The van der Waals surface area contributed by atoms with Crippen molar-refractivity contribution in [1.82, 2.24) is 19.1 Å². The minimum absolute atomic E-state index is 0.0528. The molecule has 0 amide bonds. The number of nitriles is 1. The number of aromatic nitrogens is 4. The van der Waals surface area contributed by atoms with Gasteiger partial charge in [-0.25, -0.2) is 9.78 Å². The van der Waals surface area contributed by atoms with Gasteiger partial charge in [-0.3, -0.25) is 9.13 Å². The molecule has 2 aromatic heterocycles. The van der Waals surface area contributed by atoms with Gasteiger partial charge < -0.3 is 4.74 Å². The third-order valence-electron chi connectivity index (χ3n) is 3.73. The number of rotatable bonds is 1. The molecule has 8 heteroatoms. The van der Waals surface area contributed by atoms with Gasteiger partial charge >= 0.3 is 5.69 Å². The maximum absolute atomic E-state index is 12.5. The summed E-state index contributed by atoms with van der Waals surface area (Å²) in [6.45, 7) is 0.879. The molecule has 0 aliphatic carbocycles. The van der Waals surface area contributed by atoms with Crippen LogP contribution < -0.4 is 5.69 Å². The van der Waals surface area contributed by atoms with E-state index in [1.165, 1.54) is 15.3 Å². The van der Waals surface area contributed by atoms with E-state index < -0.39 is 5.54 Å². The Morgan fingerprint density at radius 3 is 2.85 bits per heavy atom. The van der Waals surface area contributed by atoms with Crippen LogP contribution in [0.15, 0.2) is 11.0 Å². The predicted octanol–water partition coefficient (Wildman–Crippen LogP) is 0.813. The average molecular weight is 294 g/mol. The van der Waals surface area contributed by atoms with Crippen LogP contribution in [0.3, 0.4) is 0 Å². The fourth-order valence-corrected chi connectivity index (χ4v) is 2.70. The molecule has 1 aliphatic heterocycles. The summed E-state index contributed by atoms with van der Waals surface area (Å²) < 4.78 is 8.16. The Kier molecular flexibility index (Phi) is 3.00. The lowest BCUT2D eigenvalue weighted by Gasteiger charge is -2.31. The zero-order valence-electron chi connectivity index (χ0n) is 10.8. The van der Waals surface area contributed by atoms with Gasteiger partial charge in [0.15, 0.2) is 5.65 Å². The van der Waals surface area contributed by atoms with Crippen molar-refractivity contribution in [2.45, 2.75) is 18.4 Å². The molecule has 0 bridgehead atoms. The molecule has 7 nitrogen and oxygen atoms in total. The van der Waals surface area contributed by atoms with Gasteiger partial charge in [-0.05, 0) is 11.6 Å². The molecule has 0 aromatic carbocycles. The summed E-state index contributed by atoms with van der Waals surface area (Å²) in [6, 6.07) is 2.27. The van der Waals surface area contributed by atoms with Crippen molar-refractivity contribution < 1.29 is 4.74 Å². The Morgan fingerprint density at radius 1 is 1.50 bits per heavy atom. The monoisotopic (exact) mass is 293 g/mol. The Balaban J connectivity index is 2.35. The predicted molar refractivity (Wildman–Crippen MR) is 71.4 cm³/mol. The standard InChI is InChI=1S/C12H12ClN5O2/c1-17-8-6-15-10(13)16-9(8)18(11(17)19)12(7-14)2-4-20-5-3-12/h6H,2-5H2,1H3. The fourth-order valence-electron chi connectivity index (χ4n) is 2.57. The molecule has 3 heterocycles. The first-order valence-corrected chi connectivity index (χ1v) is 6.56. The quantitative estimate of drug-likeness (QED) is 0.726. The Labute approximate surface area is 119 Å². The van der Waals surface area contributed by atoms with Crippen molar-refractivity contribution in [3.63, 3.8) is 0 Å². The number of nitrogens with zero attached hydrogens (tertiary/aromatic N) is 5. The van der Waals surface area contributed by atoms with Crippen molar-refractivity contribution in [2.24, 2.45) is 7.05 Å². The van der Waals surface area contributed by atoms with E-state index in [4.69, 9.17) is 16.3 Å². The number of hydrogen-bond acceptors (Lipinski definition) is 5. The van der Waals surface area contributed by atoms with Gasteiger partial charge in [0.05, 0.1) is 12.3 Å². The molecule has 1 aliphatic rings. The molecule has 0 saturated carbocycles. The summed E-state index contributed by atoms with van der Waals surface area (Å²) in [5.74, 6) is 0. The van der Waals surface area contributed by atoms with Gasteiger partial charge in [-0.15, -0.1) is 0 Å². The highest BCUT2D eigenvalue weighted by Gasteiger charge is 2.38. The van der Waals surface area contributed by atoms with Crippen molar-refractivity contribution >= 4 is 22.8 Å². The van der Waals surface area contributed by atoms with Gasteiger partial charge in [0.25, 0.3) is 0 Å². The van der Waals surface area contributed by atoms with Crippen LogP contribution in [-0.4, -0.2) is 32.3 Å². The molecule has 20 heavy (non-hydrogen) atoms. The van der Waals surface area contributed by atoms with Crippen LogP contribution in [0.2, 0.25) is 5.28 Å². The molecule has 0 radical (unpaired) electrons. The van der Waals surface area contributed by atoms with Gasteiger partial charge in [0.2, 0.25) is 5.28 Å². The second-order valence-electron chi connectivity index (χ2n) is 4.78. The normalized spacial score (nSPS) is 18.1. The van der Waals surface area contributed by atoms with Gasteiger partial charge in [0.1, 0.15) is 11.1 Å². The van der Waals surface area contributed by atoms with Crippen LogP contribution in [0.1, 0.15) is 12.8 Å². The van der Waals surface area contributed by atoms with Crippen LogP contribution in [-0.2, 0) is 17.3 Å². The lowest BCUT2D eigenvalue weighted by molar-refractivity contribution is 0.0448. The zero-order valence-corrected chi connectivity index (χ0v) is 11.6. The van der Waals surface area contributed by atoms with E-state index in [1.807, 2.05) is 0 Å². The Bertz CT molecular complexity index is 766. The van der Waals surface area contributed by atoms with Crippen LogP contribution in [0.4, 0.5) is 0 Å². The molecule has 104 valence electrons. The van der Waals surface area contributed by atoms with Gasteiger partial charge in [-0.2, -0.15) is 10.2 Å². The topological polar surface area (TPSA) is 85.7 Å². The largest absolute Gasteiger partial charge is 0.381 e. The first kappa shape index (κ1) is 13.1. The van der Waals surface area contributed by atoms with E-state index in [0.717, 1.165) is 0 Å². The summed E-state index contributed by atoms with van der Waals surface area (Å²) in [5, 5.41) is 9.66. The number of aryl methyl sites for hydroxylation is 1. The number of imidazole rings is 1. The molecule has 1 saturated heterocycles. The molecule has 0 atom stereocenters. The van der Waals surface area contributed by atoms with Crippen LogP contribution >= 0.6 is 11.6 Å². The summed E-state index contributed by atoms with van der Waals surface area (Å²) >= 11 is 5.83. The first-order valence-electron chi connectivity index (χ1n) is 6.18. The highest BCUT2D eigenvalue weighted by atomic mass is 35.5. The highest BCUT2D eigenvalue weighted by Crippen LogP contribution is 2.30. The van der Waals surface area contributed by atoms with Crippen molar-refractivity contribution in [3.05, 3.63) is 22.0 Å². The third-order valence-corrected chi connectivity index (χ3v) is 3.91. The fraction of sp³-hybridized carbons (Fsp3) is 0.500. The zero-order chi connectivity index (χ0) is 14.3. The van der Waals surface area contributed by atoms with E-state index in [1.54, 1.807) is 7.05 Å². The van der Waals surface area contributed by atoms with Gasteiger partial charge in [0, 0.05) is 33.1 Å². The molecule has 1 fully saturated rings. The van der Waals surface area contributed by atoms with Crippen molar-refractivity contribution in [3.8, 4) is 6.07 Å². The molecular formula is C12H12ClN5O2. The summed E-state index contributed by atoms with van der Waals surface area (Å²) in [7, 11) is 1.63.